The van der Waals surface area contributed by atoms with Gasteiger partial charge >= 0.3 is 6.18 Å². The number of hydrogen-bond acceptors (Lipinski definition) is 3. The van der Waals surface area contributed by atoms with Crippen molar-refractivity contribution in [2.45, 2.75) is 38.4 Å². The van der Waals surface area contributed by atoms with Crippen LogP contribution in [0.15, 0.2) is 0 Å². The summed E-state index contributed by atoms with van der Waals surface area (Å²) in [6, 6.07) is -0.344. The normalized spacial score (nSPS) is 15.4. The Morgan fingerprint density at radius 1 is 1.50 bits per heavy atom. The van der Waals surface area contributed by atoms with Gasteiger partial charge in [-0.05, 0) is 19.3 Å². The summed E-state index contributed by atoms with van der Waals surface area (Å²) >= 11 is 0. The van der Waals surface area contributed by atoms with Crippen molar-refractivity contribution in [2.75, 3.05) is 12.3 Å². The quantitative estimate of drug-likeness (QED) is 0.918. The Kier molecular flexibility index (Phi) is 3.66. The third-order valence-electron chi connectivity index (χ3n) is 3.30. The molecule has 1 aromatic heterocycles. The molecule has 0 bridgehead atoms. The molecule has 0 radical (unpaired) electrons. The van der Waals surface area contributed by atoms with Gasteiger partial charge in [0.25, 0.3) is 5.91 Å². The van der Waals surface area contributed by atoms with Gasteiger partial charge in [0.2, 0.25) is 0 Å². The minimum absolute atomic E-state index is 0.0398. The van der Waals surface area contributed by atoms with Crippen molar-refractivity contribution in [1.29, 1.82) is 0 Å². The molecule has 0 unspecified atom stereocenters. The molecule has 1 heterocycles. The second kappa shape index (κ2) is 4.99. The standard InChI is InChI=1S/C12H17F3N4O/c1-3-8-9(16)10(18(2)17-8)11(20)19(7-4-5-7)6-12(13,14)15/h7H,3-6,16H2,1-2H3. The molecule has 1 amide bonds. The highest BCUT2D eigenvalue weighted by Crippen LogP contribution is 2.32. The number of amides is 1. The van der Waals surface area contributed by atoms with Crippen molar-refractivity contribution in [3.63, 3.8) is 0 Å². The number of hydrogen-bond donors (Lipinski definition) is 1. The molecule has 1 fully saturated rings. The number of alkyl halides is 3. The summed E-state index contributed by atoms with van der Waals surface area (Å²) < 4.78 is 39.1. The van der Waals surface area contributed by atoms with E-state index in [2.05, 4.69) is 5.10 Å². The molecular formula is C12H17F3N4O. The molecule has 0 aliphatic heterocycles. The largest absolute Gasteiger partial charge is 0.406 e. The van der Waals surface area contributed by atoms with E-state index >= 15 is 0 Å². The van der Waals surface area contributed by atoms with Crippen LogP contribution in [0.4, 0.5) is 18.9 Å². The number of carbonyl (C=O) groups excluding carboxylic acids is 1. The lowest BCUT2D eigenvalue weighted by Gasteiger charge is -2.23. The predicted octanol–water partition coefficient (Wildman–Crippen LogP) is 1.73. The molecule has 0 atom stereocenters. The van der Waals surface area contributed by atoms with Crippen molar-refractivity contribution >= 4 is 11.6 Å². The molecular weight excluding hydrogens is 273 g/mol. The number of nitrogens with zero attached hydrogens (tertiary/aromatic N) is 3. The zero-order chi connectivity index (χ0) is 15.1. The number of nitrogen functional groups attached to an aromatic ring is 1. The molecule has 0 spiro atoms. The Hall–Kier alpha value is -1.73. The second-order valence-corrected chi connectivity index (χ2v) is 4.97. The third kappa shape index (κ3) is 2.88. The number of anilines is 1. The van der Waals surface area contributed by atoms with Crippen LogP contribution in [-0.2, 0) is 13.5 Å². The molecule has 112 valence electrons. The average Bonchev–Trinajstić information content (AvgIpc) is 3.11. The van der Waals surface area contributed by atoms with Gasteiger partial charge in [-0.15, -0.1) is 0 Å². The minimum Gasteiger partial charge on any atom is -0.395 e. The SMILES string of the molecule is CCc1nn(C)c(C(=O)N(CC(F)(F)F)C2CC2)c1N. The van der Waals surface area contributed by atoms with Crippen LogP contribution < -0.4 is 5.73 Å². The van der Waals surface area contributed by atoms with E-state index in [0.717, 1.165) is 4.90 Å². The van der Waals surface area contributed by atoms with E-state index in [1.54, 1.807) is 0 Å². The fourth-order valence-electron chi connectivity index (χ4n) is 2.19. The maximum atomic E-state index is 12.6. The summed E-state index contributed by atoms with van der Waals surface area (Å²) in [4.78, 5) is 13.2. The Balaban J connectivity index is 2.30. The van der Waals surface area contributed by atoms with Crippen molar-refractivity contribution in [2.24, 2.45) is 7.05 Å². The van der Waals surface area contributed by atoms with Gasteiger partial charge in [0.05, 0.1) is 11.4 Å². The van der Waals surface area contributed by atoms with Crippen molar-refractivity contribution in [3.8, 4) is 0 Å². The molecule has 2 rings (SSSR count). The summed E-state index contributed by atoms with van der Waals surface area (Å²) in [5.41, 5.74) is 6.57. The lowest BCUT2D eigenvalue weighted by molar-refractivity contribution is -0.141. The monoisotopic (exact) mass is 290 g/mol. The van der Waals surface area contributed by atoms with Gasteiger partial charge < -0.3 is 10.6 Å². The van der Waals surface area contributed by atoms with E-state index in [9.17, 15) is 18.0 Å². The van der Waals surface area contributed by atoms with E-state index in [0.29, 0.717) is 25.0 Å². The van der Waals surface area contributed by atoms with E-state index in [1.165, 1.54) is 11.7 Å². The minimum atomic E-state index is -4.42. The van der Waals surface area contributed by atoms with Gasteiger partial charge in [0.15, 0.2) is 0 Å². The summed E-state index contributed by atoms with van der Waals surface area (Å²) in [5.74, 6) is -0.697. The average molecular weight is 290 g/mol. The van der Waals surface area contributed by atoms with Gasteiger partial charge in [-0.1, -0.05) is 6.92 Å². The van der Waals surface area contributed by atoms with Gasteiger partial charge in [-0.3, -0.25) is 9.48 Å². The first kappa shape index (κ1) is 14.7. The number of nitrogens with two attached hydrogens (primary N) is 1. The summed E-state index contributed by atoms with van der Waals surface area (Å²) in [6.07, 6.45) is -2.70. The number of aromatic nitrogens is 2. The molecule has 1 aliphatic rings. The highest BCUT2D eigenvalue weighted by atomic mass is 19.4. The van der Waals surface area contributed by atoms with Crippen LogP contribution in [0.25, 0.3) is 0 Å². The Morgan fingerprint density at radius 3 is 2.50 bits per heavy atom. The fraction of sp³-hybridized carbons (Fsp3) is 0.667. The van der Waals surface area contributed by atoms with Crippen LogP contribution in [0.1, 0.15) is 35.9 Å². The molecule has 0 saturated heterocycles. The topological polar surface area (TPSA) is 64.2 Å². The van der Waals surface area contributed by atoms with E-state index in [-0.39, 0.29) is 17.4 Å². The summed E-state index contributed by atoms with van der Waals surface area (Å²) in [6.45, 7) is 0.573. The van der Waals surface area contributed by atoms with Crippen LogP contribution in [0.3, 0.4) is 0 Å². The maximum absolute atomic E-state index is 12.6. The highest BCUT2D eigenvalue weighted by Gasteiger charge is 2.42. The van der Waals surface area contributed by atoms with Crippen LogP contribution in [0.2, 0.25) is 0 Å². The third-order valence-corrected chi connectivity index (χ3v) is 3.30. The first-order valence-electron chi connectivity index (χ1n) is 6.43. The van der Waals surface area contributed by atoms with Crippen LogP contribution in [0.5, 0.6) is 0 Å². The van der Waals surface area contributed by atoms with Crippen LogP contribution >= 0.6 is 0 Å². The first-order valence-corrected chi connectivity index (χ1v) is 6.43. The van der Waals surface area contributed by atoms with E-state index < -0.39 is 18.6 Å². The molecule has 1 saturated carbocycles. The molecule has 5 nitrogen and oxygen atoms in total. The number of halogens is 3. The molecule has 20 heavy (non-hydrogen) atoms. The molecule has 0 aromatic carbocycles. The lowest BCUT2D eigenvalue weighted by Crippen LogP contribution is -2.41. The summed E-state index contributed by atoms with van der Waals surface area (Å²) in [5, 5.41) is 4.07. The van der Waals surface area contributed by atoms with E-state index in [4.69, 9.17) is 5.73 Å². The zero-order valence-electron chi connectivity index (χ0n) is 11.4. The second-order valence-electron chi connectivity index (χ2n) is 4.97. The Labute approximate surface area is 114 Å². The van der Waals surface area contributed by atoms with Crippen LogP contribution in [-0.4, -0.2) is 39.4 Å². The van der Waals surface area contributed by atoms with Crippen LogP contribution in [0, 0.1) is 0 Å². The first-order chi connectivity index (χ1) is 9.24. The molecule has 8 heteroatoms. The molecule has 1 aromatic rings. The smallest absolute Gasteiger partial charge is 0.395 e. The van der Waals surface area contributed by atoms with Gasteiger partial charge in [-0.25, -0.2) is 0 Å². The summed E-state index contributed by atoms with van der Waals surface area (Å²) in [7, 11) is 1.52. The Morgan fingerprint density at radius 2 is 2.10 bits per heavy atom. The highest BCUT2D eigenvalue weighted by molar-refractivity contribution is 5.98. The van der Waals surface area contributed by atoms with Crippen molar-refractivity contribution < 1.29 is 18.0 Å². The lowest BCUT2D eigenvalue weighted by atomic mass is 10.2. The zero-order valence-corrected chi connectivity index (χ0v) is 11.4. The molecule has 2 N–H and O–H groups in total. The number of aryl methyl sites for hydroxylation is 2. The van der Waals surface area contributed by atoms with Gasteiger partial charge in [0, 0.05) is 13.1 Å². The van der Waals surface area contributed by atoms with Crippen molar-refractivity contribution in [3.05, 3.63) is 11.4 Å². The van der Waals surface area contributed by atoms with E-state index in [1.807, 2.05) is 6.92 Å². The Bertz CT molecular complexity index is 520. The maximum Gasteiger partial charge on any atom is 0.406 e. The van der Waals surface area contributed by atoms with Gasteiger partial charge in [-0.2, -0.15) is 18.3 Å². The number of rotatable bonds is 4. The number of carbonyl (C=O) groups is 1. The predicted molar refractivity (Wildman–Crippen MR) is 67.1 cm³/mol. The van der Waals surface area contributed by atoms with Gasteiger partial charge in [0.1, 0.15) is 12.2 Å². The van der Waals surface area contributed by atoms with Crippen molar-refractivity contribution in [1.82, 2.24) is 14.7 Å². The molecule has 1 aliphatic carbocycles. The fourth-order valence-corrected chi connectivity index (χ4v) is 2.19.